The van der Waals surface area contributed by atoms with Gasteiger partial charge in [0.25, 0.3) is 17.1 Å². The van der Waals surface area contributed by atoms with Crippen molar-refractivity contribution in [2.24, 2.45) is 5.92 Å². The van der Waals surface area contributed by atoms with Crippen LogP contribution in [0.3, 0.4) is 0 Å². The molecule has 7 nitrogen and oxygen atoms in total. The summed E-state index contributed by atoms with van der Waals surface area (Å²) in [7, 11) is 0. The van der Waals surface area contributed by atoms with Crippen molar-refractivity contribution < 1.29 is 19.2 Å². The van der Waals surface area contributed by atoms with Crippen molar-refractivity contribution in [2.75, 3.05) is 13.1 Å². The molecule has 0 radical (unpaired) electrons. The van der Waals surface area contributed by atoms with Crippen molar-refractivity contribution in [1.29, 1.82) is 0 Å². The number of imide groups is 1. The predicted octanol–water partition coefficient (Wildman–Crippen LogP) is 3.95. The SMILES string of the molecule is CC(C)[C@H](NC(=O)c1ccc(Cl)cc1)C(=O)NCCN1C(=O)S/C(=C/c2ccccc2)C1=O. The van der Waals surface area contributed by atoms with Crippen molar-refractivity contribution in [3.05, 3.63) is 75.7 Å². The van der Waals surface area contributed by atoms with Crippen molar-refractivity contribution in [2.45, 2.75) is 19.9 Å². The summed E-state index contributed by atoms with van der Waals surface area (Å²) >= 11 is 6.72. The molecule has 2 N–H and O–H groups in total. The molecular weight excluding hydrogens is 462 g/mol. The third-order valence-corrected chi connectivity index (χ3v) is 6.11. The van der Waals surface area contributed by atoms with Crippen LogP contribution in [0.5, 0.6) is 0 Å². The second-order valence-electron chi connectivity index (χ2n) is 7.74. The third kappa shape index (κ3) is 6.46. The molecule has 1 aliphatic rings. The molecule has 0 unspecified atom stereocenters. The van der Waals surface area contributed by atoms with Crippen LogP contribution < -0.4 is 10.6 Å². The molecular formula is C24H24ClN3O4S. The van der Waals surface area contributed by atoms with Crippen LogP contribution in [0.25, 0.3) is 6.08 Å². The van der Waals surface area contributed by atoms with Crippen LogP contribution in [0.2, 0.25) is 5.02 Å². The van der Waals surface area contributed by atoms with Gasteiger partial charge in [-0.3, -0.25) is 24.1 Å². The number of nitrogens with zero attached hydrogens (tertiary/aromatic N) is 1. The monoisotopic (exact) mass is 485 g/mol. The molecule has 1 atom stereocenters. The molecule has 9 heteroatoms. The fourth-order valence-corrected chi connectivity index (χ4v) is 4.15. The topological polar surface area (TPSA) is 95.6 Å². The first-order valence-electron chi connectivity index (χ1n) is 10.4. The minimum absolute atomic E-state index is 0.0402. The van der Waals surface area contributed by atoms with Crippen molar-refractivity contribution in [3.63, 3.8) is 0 Å². The summed E-state index contributed by atoms with van der Waals surface area (Å²) < 4.78 is 0. The van der Waals surface area contributed by atoms with Crippen LogP contribution in [0.15, 0.2) is 59.5 Å². The first-order chi connectivity index (χ1) is 15.8. The van der Waals surface area contributed by atoms with Gasteiger partial charge in [-0.25, -0.2) is 0 Å². The molecule has 0 bridgehead atoms. The molecule has 0 aliphatic carbocycles. The van der Waals surface area contributed by atoms with Gasteiger partial charge in [0.15, 0.2) is 0 Å². The van der Waals surface area contributed by atoms with Gasteiger partial charge in [0.1, 0.15) is 6.04 Å². The Labute approximate surface area is 201 Å². The van der Waals surface area contributed by atoms with E-state index in [0.717, 1.165) is 22.2 Å². The van der Waals surface area contributed by atoms with E-state index in [0.29, 0.717) is 15.5 Å². The second kappa shape index (κ2) is 11.2. The van der Waals surface area contributed by atoms with Crippen LogP contribution >= 0.6 is 23.4 Å². The van der Waals surface area contributed by atoms with Gasteiger partial charge in [-0.1, -0.05) is 55.8 Å². The van der Waals surface area contributed by atoms with Crippen LogP contribution in [-0.4, -0.2) is 47.0 Å². The number of hydrogen-bond acceptors (Lipinski definition) is 5. The summed E-state index contributed by atoms with van der Waals surface area (Å²) in [5, 5.41) is 5.57. The molecule has 2 aromatic carbocycles. The molecule has 0 saturated carbocycles. The fourth-order valence-electron chi connectivity index (χ4n) is 3.16. The number of nitrogens with one attached hydrogen (secondary N) is 2. The smallest absolute Gasteiger partial charge is 0.293 e. The summed E-state index contributed by atoms with van der Waals surface area (Å²) in [6.45, 7) is 3.75. The average Bonchev–Trinajstić information content (AvgIpc) is 3.05. The molecule has 1 aliphatic heterocycles. The summed E-state index contributed by atoms with van der Waals surface area (Å²) in [6, 6.07) is 14.8. The maximum absolute atomic E-state index is 12.7. The van der Waals surface area contributed by atoms with E-state index >= 15 is 0 Å². The molecule has 4 amide bonds. The van der Waals surface area contributed by atoms with E-state index in [9.17, 15) is 19.2 Å². The summed E-state index contributed by atoms with van der Waals surface area (Å²) in [5.74, 6) is -1.34. The lowest BCUT2D eigenvalue weighted by Crippen LogP contribution is -2.51. The highest BCUT2D eigenvalue weighted by molar-refractivity contribution is 8.18. The lowest BCUT2D eigenvalue weighted by atomic mass is 10.0. The standard InChI is InChI=1S/C24H24ClN3O4S/c1-15(2)20(27-21(29)17-8-10-18(25)11-9-17)22(30)26-12-13-28-23(31)19(33-24(28)32)14-16-6-4-3-5-7-16/h3-11,14-15,20H,12-13H2,1-2H3,(H,26,30)(H,27,29)/b19-14+/t20-/m0/s1. The molecule has 0 aromatic heterocycles. The number of amides is 4. The van der Waals surface area contributed by atoms with Crippen molar-refractivity contribution in [1.82, 2.24) is 15.5 Å². The summed E-state index contributed by atoms with van der Waals surface area (Å²) in [5.41, 5.74) is 1.22. The van der Waals surface area contributed by atoms with Gasteiger partial charge in [-0.05, 0) is 53.6 Å². The maximum atomic E-state index is 12.7. The minimum atomic E-state index is -0.777. The molecule has 33 heavy (non-hydrogen) atoms. The zero-order chi connectivity index (χ0) is 24.0. The Balaban J connectivity index is 1.56. The second-order valence-corrected chi connectivity index (χ2v) is 9.17. The number of rotatable bonds is 8. The Morgan fingerprint density at radius 1 is 1.06 bits per heavy atom. The Bertz CT molecular complexity index is 1070. The van der Waals surface area contributed by atoms with Gasteiger partial charge >= 0.3 is 0 Å². The summed E-state index contributed by atoms with van der Waals surface area (Å²) in [6.07, 6.45) is 1.67. The van der Waals surface area contributed by atoms with Gasteiger partial charge in [0.2, 0.25) is 5.91 Å². The van der Waals surface area contributed by atoms with E-state index < -0.39 is 11.9 Å². The lowest BCUT2D eigenvalue weighted by molar-refractivity contribution is -0.125. The largest absolute Gasteiger partial charge is 0.353 e. The quantitative estimate of drug-likeness (QED) is 0.552. The van der Waals surface area contributed by atoms with E-state index in [2.05, 4.69) is 10.6 Å². The highest BCUT2D eigenvalue weighted by Gasteiger charge is 2.35. The van der Waals surface area contributed by atoms with E-state index in [1.54, 1.807) is 30.3 Å². The molecule has 1 saturated heterocycles. The number of halogens is 1. The molecule has 172 valence electrons. The molecule has 3 rings (SSSR count). The molecule has 1 fully saturated rings. The van der Waals surface area contributed by atoms with E-state index in [-0.39, 0.29) is 36.1 Å². The van der Waals surface area contributed by atoms with Crippen LogP contribution in [0, 0.1) is 5.92 Å². The molecule has 1 heterocycles. The highest BCUT2D eigenvalue weighted by Crippen LogP contribution is 2.31. The third-order valence-electron chi connectivity index (χ3n) is 4.95. The number of carbonyl (C=O) groups excluding carboxylic acids is 4. The van der Waals surface area contributed by atoms with Crippen molar-refractivity contribution >= 4 is 52.4 Å². The number of thioether (sulfide) groups is 1. The van der Waals surface area contributed by atoms with E-state index in [4.69, 9.17) is 11.6 Å². The van der Waals surface area contributed by atoms with Crippen LogP contribution in [-0.2, 0) is 9.59 Å². The zero-order valence-electron chi connectivity index (χ0n) is 18.2. The minimum Gasteiger partial charge on any atom is -0.353 e. The first kappa shape index (κ1) is 24.5. The Hall–Kier alpha value is -3.10. The maximum Gasteiger partial charge on any atom is 0.293 e. The number of benzene rings is 2. The van der Waals surface area contributed by atoms with Crippen LogP contribution in [0.4, 0.5) is 4.79 Å². The average molecular weight is 486 g/mol. The fraction of sp³-hybridized carbons (Fsp3) is 0.250. The predicted molar refractivity (Wildman–Crippen MR) is 130 cm³/mol. The normalized spacial score (nSPS) is 15.8. The Morgan fingerprint density at radius 3 is 2.36 bits per heavy atom. The van der Waals surface area contributed by atoms with Gasteiger partial charge in [0.05, 0.1) is 4.91 Å². The Kier molecular flexibility index (Phi) is 8.30. The van der Waals surface area contributed by atoms with E-state index in [1.165, 1.54) is 0 Å². The Morgan fingerprint density at radius 2 is 1.73 bits per heavy atom. The highest BCUT2D eigenvalue weighted by atomic mass is 35.5. The van der Waals surface area contributed by atoms with Gasteiger partial charge in [-0.15, -0.1) is 0 Å². The van der Waals surface area contributed by atoms with Crippen LogP contribution in [0.1, 0.15) is 29.8 Å². The van der Waals surface area contributed by atoms with Gasteiger partial charge in [-0.2, -0.15) is 0 Å². The van der Waals surface area contributed by atoms with Crippen molar-refractivity contribution in [3.8, 4) is 0 Å². The van der Waals surface area contributed by atoms with Gasteiger partial charge in [0, 0.05) is 23.7 Å². The van der Waals surface area contributed by atoms with E-state index in [1.807, 2.05) is 44.2 Å². The summed E-state index contributed by atoms with van der Waals surface area (Å²) in [4.78, 5) is 51.5. The molecule has 0 spiro atoms. The zero-order valence-corrected chi connectivity index (χ0v) is 19.8. The number of hydrogen-bond donors (Lipinski definition) is 2. The molecule has 2 aromatic rings. The number of carbonyl (C=O) groups is 4. The lowest BCUT2D eigenvalue weighted by Gasteiger charge is -2.22. The van der Waals surface area contributed by atoms with Gasteiger partial charge < -0.3 is 10.6 Å². The first-order valence-corrected chi connectivity index (χ1v) is 11.6.